The molecule has 2 aromatic rings. The molecule has 1 saturated heterocycles. The van der Waals surface area contributed by atoms with Gasteiger partial charge in [-0.3, -0.25) is 9.89 Å². The normalized spacial score (nSPS) is 17.1. The number of aromatic nitrogens is 2. The smallest absolute Gasteiger partial charge is 0.229 e. The highest BCUT2D eigenvalue weighted by atomic mass is 16.5. The zero-order valence-electron chi connectivity index (χ0n) is 14.3. The van der Waals surface area contributed by atoms with Crippen LogP contribution in [0.5, 0.6) is 11.5 Å². The highest BCUT2D eigenvalue weighted by molar-refractivity contribution is 5.79. The number of rotatable bonds is 5. The second kappa shape index (κ2) is 6.95. The Morgan fingerprint density at radius 2 is 2.08 bits per heavy atom. The van der Waals surface area contributed by atoms with Gasteiger partial charge in [0.1, 0.15) is 0 Å². The summed E-state index contributed by atoms with van der Waals surface area (Å²) in [6.45, 7) is 2.71. The predicted octanol–water partition coefficient (Wildman–Crippen LogP) is 2.64. The maximum absolute atomic E-state index is 12.7. The van der Waals surface area contributed by atoms with E-state index < -0.39 is 0 Å². The lowest BCUT2D eigenvalue weighted by Crippen LogP contribution is -2.32. The van der Waals surface area contributed by atoms with Gasteiger partial charge in [0.15, 0.2) is 11.5 Å². The van der Waals surface area contributed by atoms with E-state index >= 15 is 0 Å². The van der Waals surface area contributed by atoms with Crippen molar-refractivity contribution in [1.82, 2.24) is 15.1 Å². The minimum absolute atomic E-state index is 0.0809. The van der Waals surface area contributed by atoms with E-state index in [0.29, 0.717) is 17.9 Å². The van der Waals surface area contributed by atoms with Gasteiger partial charge in [-0.2, -0.15) is 5.10 Å². The summed E-state index contributed by atoms with van der Waals surface area (Å²) in [5.74, 6) is 1.50. The minimum Gasteiger partial charge on any atom is -0.493 e. The van der Waals surface area contributed by atoms with Crippen molar-refractivity contribution in [1.29, 1.82) is 0 Å². The number of methoxy groups -OCH3 is 2. The summed E-state index contributed by atoms with van der Waals surface area (Å²) in [5, 5.41) is 7.05. The molecule has 24 heavy (non-hydrogen) atoms. The van der Waals surface area contributed by atoms with E-state index in [1.54, 1.807) is 14.2 Å². The number of H-pyrrole nitrogens is 1. The summed E-state index contributed by atoms with van der Waals surface area (Å²) >= 11 is 0. The van der Waals surface area contributed by atoms with Gasteiger partial charge in [0.05, 0.1) is 32.4 Å². The van der Waals surface area contributed by atoms with Gasteiger partial charge in [0, 0.05) is 12.2 Å². The molecule has 0 saturated carbocycles. The molecule has 1 amide bonds. The summed E-state index contributed by atoms with van der Waals surface area (Å²) in [7, 11) is 3.24. The number of benzene rings is 1. The number of nitrogens with zero attached hydrogens (tertiary/aromatic N) is 2. The van der Waals surface area contributed by atoms with Crippen molar-refractivity contribution >= 4 is 5.91 Å². The number of amides is 1. The Balaban J connectivity index is 1.78. The monoisotopic (exact) mass is 329 g/mol. The molecule has 0 aliphatic carbocycles. The van der Waals surface area contributed by atoms with Gasteiger partial charge in [0.25, 0.3) is 0 Å². The van der Waals surface area contributed by atoms with E-state index in [4.69, 9.17) is 9.47 Å². The molecule has 2 heterocycles. The van der Waals surface area contributed by atoms with Crippen LogP contribution in [0.25, 0.3) is 0 Å². The average Bonchev–Trinajstić information content (AvgIpc) is 3.23. The van der Waals surface area contributed by atoms with Crippen molar-refractivity contribution in [2.45, 2.75) is 32.2 Å². The molecule has 0 bridgehead atoms. The van der Waals surface area contributed by atoms with E-state index in [0.717, 1.165) is 36.3 Å². The number of likely N-dealkylation sites (tertiary alicyclic amines) is 1. The molecule has 1 aromatic heterocycles. The Labute approximate surface area is 141 Å². The molecule has 1 fully saturated rings. The van der Waals surface area contributed by atoms with Gasteiger partial charge < -0.3 is 14.4 Å². The summed E-state index contributed by atoms with van der Waals surface area (Å²) in [6.07, 6.45) is 2.29. The van der Waals surface area contributed by atoms with E-state index in [1.165, 1.54) is 0 Å². The van der Waals surface area contributed by atoms with Crippen molar-refractivity contribution in [3.05, 3.63) is 41.2 Å². The maximum atomic E-state index is 12.7. The zero-order chi connectivity index (χ0) is 17.1. The number of carbonyl (C=O) groups is 1. The molecule has 1 aliphatic rings. The van der Waals surface area contributed by atoms with Crippen molar-refractivity contribution in [3.8, 4) is 11.5 Å². The molecule has 6 heteroatoms. The van der Waals surface area contributed by atoms with Gasteiger partial charge in [0.2, 0.25) is 5.91 Å². The van der Waals surface area contributed by atoms with Crippen LogP contribution in [0.2, 0.25) is 0 Å². The highest BCUT2D eigenvalue weighted by Gasteiger charge is 2.30. The van der Waals surface area contributed by atoms with Crippen molar-refractivity contribution < 1.29 is 14.3 Å². The van der Waals surface area contributed by atoms with E-state index in [1.807, 2.05) is 36.1 Å². The molecule has 1 aromatic carbocycles. The number of ether oxygens (including phenoxy) is 2. The third kappa shape index (κ3) is 3.22. The van der Waals surface area contributed by atoms with Crippen molar-refractivity contribution in [2.75, 3.05) is 20.8 Å². The second-order valence-corrected chi connectivity index (χ2v) is 6.08. The molecule has 1 N–H and O–H groups in total. The first kappa shape index (κ1) is 16.4. The van der Waals surface area contributed by atoms with Crippen LogP contribution in [-0.2, 0) is 11.2 Å². The Morgan fingerprint density at radius 1 is 1.29 bits per heavy atom. The summed E-state index contributed by atoms with van der Waals surface area (Å²) in [4.78, 5) is 14.7. The first-order valence-corrected chi connectivity index (χ1v) is 8.14. The highest BCUT2D eigenvalue weighted by Crippen LogP contribution is 2.37. The number of nitrogens with one attached hydrogen (secondary N) is 1. The number of aromatic amines is 1. The van der Waals surface area contributed by atoms with Crippen LogP contribution < -0.4 is 9.47 Å². The number of aryl methyl sites for hydroxylation is 1. The first-order valence-electron chi connectivity index (χ1n) is 8.14. The van der Waals surface area contributed by atoms with Gasteiger partial charge >= 0.3 is 0 Å². The molecule has 128 valence electrons. The number of hydrogen-bond acceptors (Lipinski definition) is 4. The van der Waals surface area contributed by atoms with Gasteiger partial charge in [-0.05, 0) is 43.5 Å². The third-order valence-corrected chi connectivity index (χ3v) is 4.46. The van der Waals surface area contributed by atoms with Crippen LogP contribution in [0.1, 0.15) is 35.8 Å². The summed E-state index contributed by atoms with van der Waals surface area (Å²) in [6, 6.07) is 7.87. The SMILES string of the molecule is COc1ccc([C@H]2CCCN2C(=O)Cc2cc(C)[nH]n2)cc1OC. The van der Waals surface area contributed by atoms with Crippen LogP contribution in [0.4, 0.5) is 0 Å². The Hall–Kier alpha value is -2.50. The fourth-order valence-corrected chi connectivity index (χ4v) is 3.29. The van der Waals surface area contributed by atoms with Crippen molar-refractivity contribution in [2.24, 2.45) is 0 Å². The lowest BCUT2D eigenvalue weighted by molar-refractivity contribution is -0.131. The maximum Gasteiger partial charge on any atom is 0.229 e. The Bertz CT molecular complexity index is 726. The lowest BCUT2D eigenvalue weighted by atomic mass is 10.0. The average molecular weight is 329 g/mol. The van der Waals surface area contributed by atoms with Crippen molar-refractivity contribution in [3.63, 3.8) is 0 Å². The molecular formula is C18H23N3O3. The minimum atomic E-state index is 0.0809. The fraction of sp³-hybridized carbons (Fsp3) is 0.444. The standard InChI is InChI=1S/C18H23N3O3/c1-12-9-14(20-19-12)11-18(22)21-8-4-5-15(21)13-6-7-16(23-2)17(10-13)24-3/h6-7,9-10,15H,4-5,8,11H2,1-3H3,(H,19,20)/t15-/m1/s1. The van der Waals surface area contributed by atoms with Gasteiger partial charge in [-0.15, -0.1) is 0 Å². The molecular weight excluding hydrogens is 306 g/mol. The van der Waals surface area contributed by atoms with Crippen LogP contribution in [0, 0.1) is 6.92 Å². The Kier molecular flexibility index (Phi) is 4.74. The molecule has 0 radical (unpaired) electrons. The lowest BCUT2D eigenvalue weighted by Gasteiger charge is -2.25. The summed E-state index contributed by atoms with van der Waals surface area (Å²) < 4.78 is 10.7. The van der Waals surface area contributed by atoms with E-state index in [-0.39, 0.29) is 11.9 Å². The predicted molar refractivity (Wildman–Crippen MR) is 90.3 cm³/mol. The van der Waals surface area contributed by atoms with Crippen LogP contribution in [-0.4, -0.2) is 41.8 Å². The first-order chi connectivity index (χ1) is 11.6. The van der Waals surface area contributed by atoms with Gasteiger partial charge in [-0.25, -0.2) is 0 Å². The third-order valence-electron chi connectivity index (χ3n) is 4.46. The number of carbonyl (C=O) groups excluding carboxylic acids is 1. The molecule has 6 nitrogen and oxygen atoms in total. The van der Waals surface area contributed by atoms with Crippen LogP contribution >= 0.6 is 0 Å². The van der Waals surface area contributed by atoms with E-state index in [2.05, 4.69) is 10.2 Å². The molecule has 1 aliphatic heterocycles. The fourth-order valence-electron chi connectivity index (χ4n) is 3.29. The van der Waals surface area contributed by atoms with Crippen LogP contribution in [0.15, 0.2) is 24.3 Å². The summed E-state index contributed by atoms with van der Waals surface area (Å²) in [5.41, 5.74) is 2.84. The quantitative estimate of drug-likeness (QED) is 0.916. The van der Waals surface area contributed by atoms with E-state index in [9.17, 15) is 4.79 Å². The largest absolute Gasteiger partial charge is 0.493 e. The second-order valence-electron chi connectivity index (χ2n) is 6.08. The molecule has 1 atom stereocenters. The molecule has 0 unspecified atom stereocenters. The van der Waals surface area contributed by atoms with Gasteiger partial charge in [-0.1, -0.05) is 6.07 Å². The number of hydrogen-bond donors (Lipinski definition) is 1. The van der Waals surface area contributed by atoms with Crippen LogP contribution in [0.3, 0.4) is 0 Å². The zero-order valence-corrected chi connectivity index (χ0v) is 14.3. The molecule has 0 spiro atoms. The Morgan fingerprint density at radius 3 is 2.75 bits per heavy atom. The topological polar surface area (TPSA) is 67.5 Å². The molecule has 3 rings (SSSR count).